The van der Waals surface area contributed by atoms with Crippen LogP contribution in [0.15, 0.2) is 40.1 Å². The number of rotatable bonds is 5. The van der Waals surface area contributed by atoms with Crippen molar-refractivity contribution >= 4 is 21.4 Å². The molecule has 2 N–H and O–H groups in total. The molecule has 0 unspecified atom stereocenters. The van der Waals surface area contributed by atoms with Gasteiger partial charge in [-0.15, -0.1) is 11.3 Å². The molecule has 0 saturated carbocycles. The molecular formula is C12H15N3O2S2. The number of nitrogens with zero attached hydrogens (tertiary/aromatic N) is 2. The molecule has 2 aromatic rings. The quantitative estimate of drug-likeness (QED) is 0.905. The van der Waals surface area contributed by atoms with Gasteiger partial charge in [-0.3, -0.25) is 0 Å². The van der Waals surface area contributed by atoms with Gasteiger partial charge < -0.3 is 5.73 Å². The van der Waals surface area contributed by atoms with Crippen molar-refractivity contribution in [3.8, 4) is 0 Å². The number of sulfonamides is 1. The molecule has 0 aliphatic rings. The molecule has 0 atom stereocenters. The third-order valence-electron chi connectivity index (χ3n) is 2.71. The van der Waals surface area contributed by atoms with Gasteiger partial charge in [0.1, 0.15) is 0 Å². The zero-order chi connectivity index (χ0) is 13.9. The minimum absolute atomic E-state index is 0.258. The summed E-state index contributed by atoms with van der Waals surface area (Å²) >= 11 is 1.44. The Morgan fingerprint density at radius 1 is 1.42 bits per heavy atom. The van der Waals surface area contributed by atoms with Crippen molar-refractivity contribution in [3.05, 3.63) is 46.4 Å². The lowest BCUT2D eigenvalue weighted by atomic mass is 10.2. The lowest BCUT2D eigenvalue weighted by Crippen LogP contribution is -2.26. The van der Waals surface area contributed by atoms with Gasteiger partial charge in [-0.05, 0) is 17.7 Å². The van der Waals surface area contributed by atoms with Gasteiger partial charge in [0.05, 0.1) is 22.6 Å². The summed E-state index contributed by atoms with van der Waals surface area (Å²) in [6.07, 6.45) is 0. The van der Waals surface area contributed by atoms with Crippen LogP contribution in [0.2, 0.25) is 0 Å². The van der Waals surface area contributed by atoms with E-state index in [4.69, 9.17) is 5.73 Å². The summed E-state index contributed by atoms with van der Waals surface area (Å²) in [4.78, 5) is 4.35. The Labute approximate surface area is 116 Å². The highest BCUT2D eigenvalue weighted by Gasteiger charge is 2.21. The summed E-state index contributed by atoms with van der Waals surface area (Å²) in [6.45, 7) is 0.581. The van der Waals surface area contributed by atoms with E-state index >= 15 is 0 Å². The first-order valence-corrected chi connectivity index (χ1v) is 8.04. The monoisotopic (exact) mass is 297 g/mol. The van der Waals surface area contributed by atoms with Crippen molar-refractivity contribution in [2.24, 2.45) is 5.73 Å². The molecule has 0 amide bonds. The predicted octanol–water partition coefficient (Wildman–Crippen LogP) is 1.42. The van der Waals surface area contributed by atoms with Crippen LogP contribution in [-0.4, -0.2) is 24.8 Å². The average Bonchev–Trinajstić information content (AvgIpc) is 2.91. The van der Waals surface area contributed by atoms with Crippen LogP contribution in [0.5, 0.6) is 0 Å². The van der Waals surface area contributed by atoms with E-state index in [0.717, 1.165) is 11.3 Å². The van der Waals surface area contributed by atoms with Crippen LogP contribution in [0.1, 0.15) is 11.3 Å². The molecule has 0 bridgehead atoms. The van der Waals surface area contributed by atoms with Crippen molar-refractivity contribution in [2.75, 3.05) is 7.05 Å². The second-order valence-corrected chi connectivity index (χ2v) is 6.86. The number of benzene rings is 1. The van der Waals surface area contributed by atoms with Crippen LogP contribution < -0.4 is 5.73 Å². The van der Waals surface area contributed by atoms with Crippen LogP contribution in [0.25, 0.3) is 0 Å². The molecule has 1 aromatic heterocycles. The SMILES string of the molecule is CN(Cc1cscn1)S(=O)(=O)c1cccc(CN)c1. The van der Waals surface area contributed by atoms with Crippen molar-refractivity contribution in [1.82, 2.24) is 9.29 Å². The zero-order valence-corrected chi connectivity index (χ0v) is 12.1. The average molecular weight is 297 g/mol. The highest BCUT2D eigenvalue weighted by Crippen LogP contribution is 2.17. The number of hydrogen-bond acceptors (Lipinski definition) is 5. The summed E-state index contributed by atoms with van der Waals surface area (Å²) in [7, 11) is -1.96. The summed E-state index contributed by atoms with van der Waals surface area (Å²) in [5.74, 6) is 0. The van der Waals surface area contributed by atoms with E-state index in [1.54, 1.807) is 36.8 Å². The van der Waals surface area contributed by atoms with Crippen molar-refractivity contribution in [2.45, 2.75) is 18.0 Å². The molecular weight excluding hydrogens is 282 g/mol. The molecule has 0 aliphatic carbocycles. The fourth-order valence-corrected chi connectivity index (χ4v) is 3.40. The molecule has 0 aliphatic heterocycles. The van der Waals surface area contributed by atoms with E-state index in [9.17, 15) is 8.42 Å². The van der Waals surface area contributed by atoms with E-state index in [-0.39, 0.29) is 11.4 Å². The molecule has 1 heterocycles. The van der Waals surface area contributed by atoms with Crippen LogP contribution >= 0.6 is 11.3 Å². The number of thiazole rings is 1. The Morgan fingerprint density at radius 2 is 2.21 bits per heavy atom. The first-order chi connectivity index (χ1) is 9.04. The Hall–Kier alpha value is -1.28. The van der Waals surface area contributed by atoms with Gasteiger partial charge in [0.2, 0.25) is 10.0 Å². The topological polar surface area (TPSA) is 76.3 Å². The molecule has 19 heavy (non-hydrogen) atoms. The van der Waals surface area contributed by atoms with E-state index < -0.39 is 10.0 Å². The highest BCUT2D eigenvalue weighted by atomic mass is 32.2. The first-order valence-electron chi connectivity index (χ1n) is 5.66. The Morgan fingerprint density at radius 3 is 2.84 bits per heavy atom. The largest absolute Gasteiger partial charge is 0.326 e. The smallest absolute Gasteiger partial charge is 0.243 e. The Balaban J connectivity index is 2.25. The minimum atomic E-state index is -3.51. The summed E-state index contributed by atoms with van der Waals surface area (Å²) in [6, 6.07) is 6.68. The standard InChI is InChI=1S/C12H15N3O2S2/c1-15(7-11-8-18-9-14-11)19(16,17)12-4-2-3-10(5-12)6-13/h2-5,8-9H,6-7,13H2,1H3. The van der Waals surface area contributed by atoms with Gasteiger partial charge in [-0.1, -0.05) is 12.1 Å². The van der Waals surface area contributed by atoms with Gasteiger partial charge >= 0.3 is 0 Å². The van der Waals surface area contributed by atoms with Gasteiger partial charge in [0.25, 0.3) is 0 Å². The number of hydrogen-bond donors (Lipinski definition) is 1. The normalized spacial score (nSPS) is 11.9. The van der Waals surface area contributed by atoms with Gasteiger partial charge in [0, 0.05) is 19.0 Å². The molecule has 5 nitrogen and oxygen atoms in total. The maximum absolute atomic E-state index is 12.4. The molecule has 7 heteroatoms. The summed E-state index contributed by atoms with van der Waals surface area (Å²) in [5.41, 5.74) is 8.75. The molecule has 0 fully saturated rings. The van der Waals surface area contributed by atoms with Crippen molar-refractivity contribution in [1.29, 1.82) is 0 Å². The van der Waals surface area contributed by atoms with Crippen LogP contribution in [-0.2, 0) is 23.1 Å². The van der Waals surface area contributed by atoms with Crippen molar-refractivity contribution in [3.63, 3.8) is 0 Å². The second kappa shape index (κ2) is 5.79. The fourth-order valence-electron chi connectivity index (χ4n) is 1.64. The lowest BCUT2D eigenvalue weighted by molar-refractivity contribution is 0.463. The van der Waals surface area contributed by atoms with E-state index in [1.807, 2.05) is 5.38 Å². The minimum Gasteiger partial charge on any atom is -0.326 e. The molecule has 1 aromatic carbocycles. The lowest BCUT2D eigenvalue weighted by Gasteiger charge is -2.16. The van der Waals surface area contributed by atoms with E-state index in [1.165, 1.54) is 15.6 Å². The van der Waals surface area contributed by atoms with Crippen LogP contribution in [0, 0.1) is 0 Å². The van der Waals surface area contributed by atoms with Gasteiger partial charge in [-0.25, -0.2) is 13.4 Å². The Kier molecular flexibility index (Phi) is 4.31. The molecule has 102 valence electrons. The maximum Gasteiger partial charge on any atom is 0.243 e. The molecule has 0 radical (unpaired) electrons. The number of nitrogens with two attached hydrogens (primary N) is 1. The molecule has 2 rings (SSSR count). The van der Waals surface area contributed by atoms with Crippen LogP contribution in [0.3, 0.4) is 0 Å². The van der Waals surface area contributed by atoms with Crippen LogP contribution in [0.4, 0.5) is 0 Å². The van der Waals surface area contributed by atoms with Gasteiger partial charge in [0.15, 0.2) is 0 Å². The first kappa shape index (κ1) is 14.1. The third-order valence-corrected chi connectivity index (χ3v) is 5.15. The summed E-state index contributed by atoms with van der Waals surface area (Å²) in [5, 5.41) is 1.84. The van der Waals surface area contributed by atoms with Gasteiger partial charge in [-0.2, -0.15) is 4.31 Å². The fraction of sp³-hybridized carbons (Fsp3) is 0.250. The molecule has 0 saturated heterocycles. The highest BCUT2D eigenvalue weighted by molar-refractivity contribution is 7.89. The predicted molar refractivity (Wildman–Crippen MR) is 75.1 cm³/mol. The third kappa shape index (κ3) is 3.19. The Bertz CT molecular complexity index is 639. The molecule has 0 spiro atoms. The maximum atomic E-state index is 12.4. The van der Waals surface area contributed by atoms with E-state index in [2.05, 4.69) is 4.98 Å². The van der Waals surface area contributed by atoms with Crippen molar-refractivity contribution < 1.29 is 8.42 Å². The number of aromatic nitrogens is 1. The second-order valence-electron chi connectivity index (χ2n) is 4.09. The zero-order valence-electron chi connectivity index (χ0n) is 10.5. The summed E-state index contributed by atoms with van der Waals surface area (Å²) < 4.78 is 26.1. The van der Waals surface area contributed by atoms with E-state index in [0.29, 0.717) is 6.54 Å².